The van der Waals surface area contributed by atoms with E-state index in [1.807, 2.05) is 0 Å². The van der Waals surface area contributed by atoms with E-state index in [1.165, 1.54) is 56.5 Å². The Hall–Kier alpha value is -2.05. The van der Waals surface area contributed by atoms with Gasteiger partial charge in [0.25, 0.3) is 0 Å². The molecule has 3 aromatic carbocycles. The summed E-state index contributed by atoms with van der Waals surface area (Å²) in [6.07, 6.45) is 16.1. The van der Waals surface area contributed by atoms with Crippen LogP contribution >= 0.6 is 0 Å². The van der Waals surface area contributed by atoms with E-state index in [4.69, 9.17) is 0 Å². The molecule has 0 bridgehead atoms. The fourth-order valence-corrected chi connectivity index (χ4v) is 17.4. The minimum absolute atomic E-state index is 0. The molecular weight excluding hydrogens is 679 g/mol. The van der Waals surface area contributed by atoms with Crippen molar-refractivity contribution < 1.29 is 46.1 Å². The van der Waals surface area contributed by atoms with Gasteiger partial charge in [-0.2, -0.15) is 0 Å². The van der Waals surface area contributed by atoms with Gasteiger partial charge in [0.2, 0.25) is 0 Å². The monoisotopic (exact) mass is 724 g/mol. The molecule has 0 aliphatic heterocycles. The molecule has 0 spiro atoms. The topological polar surface area (TPSA) is 0 Å². The van der Waals surface area contributed by atoms with E-state index in [0.717, 1.165) is 0 Å². The van der Waals surface area contributed by atoms with Gasteiger partial charge in [0.15, 0.2) is 0 Å². The van der Waals surface area contributed by atoms with Crippen LogP contribution in [0, 0.1) is 18.3 Å². The maximum Gasteiger partial charge on any atom is -1.00 e. The van der Waals surface area contributed by atoms with Crippen molar-refractivity contribution in [3.05, 3.63) is 126 Å². The Balaban J connectivity index is 0.00000208. The third-order valence-electron chi connectivity index (χ3n) is 11.0. The normalized spacial score (nSPS) is 19.8. The number of fused-ring (bicyclic) bond motifs is 5. The van der Waals surface area contributed by atoms with Gasteiger partial charge in [0, 0.05) is 0 Å². The van der Waals surface area contributed by atoms with E-state index >= 15 is 0 Å². The number of benzene rings is 3. The molecule has 0 radical (unpaired) electrons. The van der Waals surface area contributed by atoms with Gasteiger partial charge in [-0.15, -0.1) is 0 Å². The number of hydrogen-bond donors (Lipinski definition) is 0. The van der Waals surface area contributed by atoms with Crippen molar-refractivity contribution >= 4 is 15.4 Å². The van der Waals surface area contributed by atoms with Crippen molar-refractivity contribution in [1.29, 1.82) is 0 Å². The molecule has 1 atom stereocenters. The predicted molar refractivity (Wildman–Crippen MR) is 188 cm³/mol. The van der Waals surface area contributed by atoms with Crippen molar-refractivity contribution in [2.75, 3.05) is 0 Å². The molecule has 0 heterocycles. The summed E-state index contributed by atoms with van der Waals surface area (Å²) in [6, 6.07) is 19.8. The van der Waals surface area contributed by atoms with Crippen LogP contribution in [0.25, 0.3) is 23.3 Å². The molecule has 0 aromatic heterocycles. The van der Waals surface area contributed by atoms with Crippen LogP contribution in [0.3, 0.4) is 0 Å². The minimum atomic E-state index is -2.65. The SMILES string of the molecule is CCC1C=C(C(C)(C)C)C=[C]1/[Zr+2](=[C](/C)c1ccc(C)cc1)[CH]1c2cc3c(cc2-c2cc4c(cc21)C(C)(C)C=C4)C=CC3(C)C.[Cl-].[Cl-]. The third kappa shape index (κ3) is 5.61. The molecule has 1 unspecified atom stereocenters. The van der Waals surface area contributed by atoms with Crippen LogP contribution in [0.4, 0.5) is 0 Å². The fraction of sp³-hybridized carbons (Fsp3) is 0.372. The molecule has 3 heteroatoms. The average Bonchev–Trinajstić information content (AvgIpc) is 3.69. The van der Waals surface area contributed by atoms with Gasteiger partial charge < -0.3 is 24.8 Å². The molecule has 238 valence electrons. The van der Waals surface area contributed by atoms with E-state index in [9.17, 15) is 0 Å². The number of hydrogen-bond acceptors (Lipinski definition) is 0. The van der Waals surface area contributed by atoms with E-state index in [-0.39, 0.29) is 41.1 Å². The second kappa shape index (κ2) is 12.1. The van der Waals surface area contributed by atoms with Crippen LogP contribution in [0.2, 0.25) is 0 Å². The molecule has 0 N–H and O–H groups in total. The maximum absolute atomic E-state index is 2.69. The molecular formula is C43H48Cl2Zr. The Morgan fingerprint density at radius 3 is 1.74 bits per heavy atom. The van der Waals surface area contributed by atoms with Gasteiger partial charge in [0.05, 0.1) is 0 Å². The van der Waals surface area contributed by atoms with E-state index in [2.05, 4.69) is 154 Å². The summed E-state index contributed by atoms with van der Waals surface area (Å²) in [5.74, 6) is 0.534. The number of allylic oxidation sites excluding steroid dienone is 6. The molecule has 0 fully saturated rings. The first-order valence-corrected chi connectivity index (χ1v) is 20.5. The molecule has 0 saturated heterocycles. The first kappa shape index (κ1) is 35.3. The van der Waals surface area contributed by atoms with Crippen LogP contribution < -0.4 is 24.8 Å². The second-order valence-corrected chi connectivity index (χ2v) is 22.7. The van der Waals surface area contributed by atoms with Gasteiger partial charge in [-0.1, -0.05) is 0 Å². The Bertz CT molecular complexity index is 1800. The van der Waals surface area contributed by atoms with Gasteiger partial charge in [-0.05, 0) is 0 Å². The minimum Gasteiger partial charge on any atom is -1.00 e. The summed E-state index contributed by atoms with van der Waals surface area (Å²) < 4.78 is 3.93. The molecule has 46 heavy (non-hydrogen) atoms. The summed E-state index contributed by atoms with van der Waals surface area (Å²) in [4.78, 5) is 0. The quantitative estimate of drug-likeness (QED) is 0.337. The Labute approximate surface area is 298 Å². The number of halogens is 2. The standard InChI is InChI=1S/C23H21.C11H17.C9H10.2ClH.Zr/c1-22(2)7-5-14-10-18-16(12-20(14)22)9-17-13-21-15(11-19(17)18)6-8-23(21,3)4;1-5-9-6-7-10(8-9)11(2,3)4;1-3-9-6-4-8(2)5-7-9;;;/h5-13H,1-4H3;7-9H,5H2,1-4H3;4-7H,1-2H3;2*1H;/q;;;;;+2/p-2. The van der Waals surface area contributed by atoms with Gasteiger partial charge in [-0.25, -0.2) is 0 Å². The van der Waals surface area contributed by atoms with Crippen molar-refractivity contribution in [3.8, 4) is 11.1 Å². The summed E-state index contributed by atoms with van der Waals surface area (Å²) >= 11 is -2.65. The molecule has 4 aliphatic carbocycles. The van der Waals surface area contributed by atoms with Gasteiger partial charge >= 0.3 is 275 Å². The molecule has 0 saturated carbocycles. The van der Waals surface area contributed by atoms with Crippen LogP contribution in [-0.2, 0) is 32.1 Å². The summed E-state index contributed by atoms with van der Waals surface area (Å²) in [7, 11) is 0. The second-order valence-electron chi connectivity index (χ2n) is 16.0. The van der Waals surface area contributed by atoms with Crippen molar-refractivity contribution in [1.82, 2.24) is 0 Å². The van der Waals surface area contributed by atoms with Gasteiger partial charge in [0.1, 0.15) is 0 Å². The zero-order chi connectivity index (χ0) is 31.3. The Morgan fingerprint density at radius 2 is 1.28 bits per heavy atom. The molecule has 0 nitrogen and oxygen atoms in total. The fourth-order valence-electron chi connectivity index (χ4n) is 8.13. The van der Waals surface area contributed by atoms with Crippen molar-refractivity contribution in [2.24, 2.45) is 11.3 Å². The van der Waals surface area contributed by atoms with Crippen LogP contribution in [0.1, 0.15) is 117 Å². The van der Waals surface area contributed by atoms with E-state index in [1.54, 1.807) is 17.6 Å². The Morgan fingerprint density at radius 1 is 0.783 bits per heavy atom. The summed E-state index contributed by atoms with van der Waals surface area (Å²) in [6.45, 7) is 23.8. The van der Waals surface area contributed by atoms with Crippen molar-refractivity contribution in [3.63, 3.8) is 0 Å². The van der Waals surface area contributed by atoms with Crippen LogP contribution in [-0.4, -0.2) is 3.21 Å². The van der Waals surface area contributed by atoms with E-state index < -0.39 is 21.3 Å². The van der Waals surface area contributed by atoms with Gasteiger partial charge in [-0.3, -0.25) is 0 Å². The largest absolute Gasteiger partial charge is 1.00 e. The molecule has 3 aromatic rings. The predicted octanol–water partition coefficient (Wildman–Crippen LogP) is 5.44. The maximum atomic E-state index is 2.69. The van der Waals surface area contributed by atoms with Crippen LogP contribution in [0.5, 0.6) is 0 Å². The third-order valence-corrected chi connectivity index (χ3v) is 19.4. The molecule has 7 rings (SSSR count). The zero-order valence-electron chi connectivity index (χ0n) is 29.2. The molecule has 0 amide bonds. The first-order chi connectivity index (χ1) is 20.7. The molecule has 4 aliphatic rings. The zero-order valence-corrected chi connectivity index (χ0v) is 33.2. The van der Waals surface area contributed by atoms with E-state index in [0.29, 0.717) is 9.54 Å². The summed E-state index contributed by atoms with van der Waals surface area (Å²) in [5.41, 5.74) is 16.6. The van der Waals surface area contributed by atoms with Crippen LogP contribution in [0.15, 0.2) is 81.7 Å². The first-order valence-electron chi connectivity index (χ1n) is 16.7. The smallest absolute Gasteiger partial charge is 1.00 e. The number of rotatable bonds is 4. The summed E-state index contributed by atoms with van der Waals surface area (Å²) in [5, 5.41) is 0. The average molecular weight is 727 g/mol. The number of aryl methyl sites for hydroxylation is 1. The van der Waals surface area contributed by atoms with Crippen molar-refractivity contribution in [2.45, 2.75) is 90.1 Å². The Kier molecular flexibility index (Phi) is 9.30.